The Labute approximate surface area is 138 Å². The van der Waals surface area contributed by atoms with Gasteiger partial charge in [-0.2, -0.15) is 5.10 Å². The number of rotatable bonds is 4. The zero-order valence-corrected chi connectivity index (χ0v) is 13.3. The zero-order valence-electron chi connectivity index (χ0n) is 12.5. The molecule has 0 aliphatic carbocycles. The van der Waals surface area contributed by atoms with Crippen molar-refractivity contribution in [3.8, 4) is 11.3 Å². The van der Waals surface area contributed by atoms with Gasteiger partial charge in [0.2, 0.25) is 0 Å². The number of carbonyl (C=O) groups excluding carboxylic acids is 1. The van der Waals surface area contributed by atoms with Crippen molar-refractivity contribution in [3.05, 3.63) is 70.6 Å². The maximum Gasteiger partial charge on any atom is 0.254 e. The molecule has 3 aromatic rings. The maximum absolute atomic E-state index is 12.2. The third-order valence-corrected chi connectivity index (χ3v) is 3.80. The van der Waals surface area contributed by atoms with Crippen molar-refractivity contribution in [3.63, 3.8) is 0 Å². The van der Waals surface area contributed by atoms with E-state index in [4.69, 9.17) is 11.6 Å². The van der Waals surface area contributed by atoms with E-state index in [9.17, 15) is 4.79 Å². The third-order valence-electron chi connectivity index (χ3n) is 3.50. The van der Waals surface area contributed by atoms with Gasteiger partial charge in [-0.05, 0) is 24.6 Å². The zero-order chi connectivity index (χ0) is 16.2. The van der Waals surface area contributed by atoms with Crippen molar-refractivity contribution in [2.45, 2.75) is 13.5 Å². The predicted molar refractivity (Wildman–Crippen MR) is 89.2 cm³/mol. The minimum atomic E-state index is -0.265. The molecule has 0 spiro atoms. The molecule has 6 heteroatoms. The second-order valence-electron chi connectivity index (χ2n) is 5.16. The normalized spacial score (nSPS) is 10.5. The van der Waals surface area contributed by atoms with Crippen LogP contribution in [0.2, 0.25) is 5.15 Å². The number of nitrogens with zero attached hydrogens (tertiary/aromatic N) is 2. The number of hydrogen-bond donors (Lipinski definition) is 2. The molecule has 0 aliphatic heterocycles. The number of halogens is 1. The molecule has 0 fully saturated rings. The summed E-state index contributed by atoms with van der Waals surface area (Å²) in [6, 6.07) is 11.4. The van der Waals surface area contributed by atoms with E-state index in [0.29, 0.717) is 12.1 Å². The minimum Gasteiger partial charge on any atom is -0.348 e. The molecule has 0 radical (unpaired) electrons. The number of aryl methyl sites for hydroxylation is 1. The number of H-pyrrole nitrogens is 1. The fourth-order valence-corrected chi connectivity index (χ4v) is 2.45. The van der Waals surface area contributed by atoms with E-state index in [2.05, 4.69) is 20.5 Å². The van der Waals surface area contributed by atoms with E-state index in [1.807, 2.05) is 31.2 Å². The van der Waals surface area contributed by atoms with Gasteiger partial charge in [-0.15, -0.1) is 0 Å². The Bertz CT molecular complexity index is 827. The summed E-state index contributed by atoms with van der Waals surface area (Å²) in [5.74, 6) is -0.265. The summed E-state index contributed by atoms with van der Waals surface area (Å²) >= 11 is 5.93. The van der Waals surface area contributed by atoms with E-state index >= 15 is 0 Å². The summed E-state index contributed by atoms with van der Waals surface area (Å²) < 4.78 is 0. The fourth-order valence-electron chi connectivity index (χ4n) is 2.24. The molecule has 0 aliphatic rings. The average molecular weight is 327 g/mol. The summed E-state index contributed by atoms with van der Waals surface area (Å²) in [6.07, 6.45) is 3.25. The molecule has 1 aromatic carbocycles. The second kappa shape index (κ2) is 6.62. The monoisotopic (exact) mass is 326 g/mol. The molecule has 3 rings (SSSR count). The number of pyridine rings is 1. The van der Waals surface area contributed by atoms with Gasteiger partial charge in [0, 0.05) is 18.3 Å². The number of nitrogens with one attached hydrogen (secondary N) is 2. The van der Waals surface area contributed by atoms with Crippen LogP contribution in [0.3, 0.4) is 0 Å². The Balaban J connectivity index is 1.75. The van der Waals surface area contributed by atoms with E-state index in [-0.39, 0.29) is 11.1 Å². The van der Waals surface area contributed by atoms with Crippen molar-refractivity contribution in [1.82, 2.24) is 20.5 Å². The SMILES string of the molecule is Cc1ccc(-c2[nH]ncc2CNC(=O)c2cccnc2Cl)cc1. The summed E-state index contributed by atoms with van der Waals surface area (Å²) in [5, 5.41) is 10.1. The average Bonchev–Trinajstić information content (AvgIpc) is 3.02. The largest absolute Gasteiger partial charge is 0.348 e. The molecule has 5 nitrogen and oxygen atoms in total. The number of carbonyl (C=O) groups is 1. The van der Waals surface area contributed by atoms with Crippen molar-refractivity contribution >= 4 is 17.5 Å². The lowest BCUT2D eigenvalue weighted by molar-refractivity contribution is 0.0951. The number of aromatic amines is 1. The first-order valence-corrected chi connectivity index (χ1v) is 7.51. The lowest BCUT2D eigenvalue weighted by Gasteiger charge is -2.07. The molecule has 0 bridgehead atoms. The highest BCUT2D eigenvalue weighted by atomic mass is 35.5. The fraction of sp³-hybridized carbons (Fsp3) is 0.118. The Morgan fingerprint density at radius 2 is 2.04 bits per heavy atom. The van der Waals surface area contributed by atoms with Gasteiger partial charge >= 0.3 is 0 Å². The second-order valence-corrected chi connectivity index (χ2v) is 5.52. The van der Waals surface area contributed by atoms with Crippen LogP contribution in [0.1, 0.15) is 21.5 Å². The summed E-state index contributed by atoms with van der Waals surface area (Å²) in [6.45, 7) is 2.39. The van der Waals surface area contributed by atoms with Crippen molar-refractivity contribution in [1.29, 1.82) is 0 Å². The topological polar surface area (TPSA) is 70.7 Å². The molecular weight excluding hydrogens is 312 g/mol. The van der Waals surface area contributed by atoms with Gasteiger partial charge in [0.05, 0.1) is 17.5 Å². The molecule has 1 amide bonds. The van der Waals surface area contributed by atoms with Crippen LogP contribution in [0.15, 0.2) is 48.8 Å². The number of benzene rings is 1. The van der Waals surface area contributed by atoms with Crippen LogP contribution in [0.25, 0.3) is 11.3 Å². The quantitative estimate of drug-likeness (QED) is 0.722. The van der Waals surface area contributed by atoms with Gasteiger partial charge in [0.15, 0.2) is 0 Å². The number of amides is 1. The Morgan fingerprint density at radius 1 is 1.26 bits per heavy atom. The van der Waals surface area contributed by atoms with Crippen LogP contribution < -0.4 is 5.32 Å². The molecule has 0 unspecified atom stereocenters. The Kier molecular flexibility index (Phi) is 4.39. The lowest BCUT2D eigenvalue weighted by atomic mass is 10.1. The van der Waals surface area contributed by atoms with Gasteiger partial charge in [0.1, 0.15) is 5.15 Å². The van der Waals surface area contributed by atoms with Crippen LogP contribution in [-0.4, -0.2) is 21.1 Å². The summed E-state index contributed by atoms with van der Waals surface area (Å²) in [4.78, 5) is 16.1. The van der Waals surface area contributed by atoms with Crippen LogP contribution in [0.4, 0.5) is 0 Å². The van der Waals surface area contributed by atoms with Crippen molar-refractivity contribution < 1.29 is 4.79 Å². The highest BCUT2D eigenvalue weighted by Crippen LogP contribution is 2.21. The van der Waals surface area contributed by atoms with Crippen LogP contribution in [0, 0.1) is 6.92 Å². The molecule has 2 aromatic heterocycles. The van der Waals surface area contributed by atoms with E-state index in [0.717, 1.165) is 16.8 Å². The smallest absolute Gasteiger partial charge is 0.254 e. The van der Waals surface area contributed by atoms with Crippen molar-refractivity contribution in [2.24, 2.45) is 0 Å². The van der Waals surface area contributed by atoms with Gasteiger partial charge in [-0.25, -0.2) is 4.98 Å². The van der Waals surface area contributed by atoms with E-state index in [1.54, 1.807) is 24.5 Å². The molecule has 0 saturated carbocycles. The Morgan fingerprint density at radius 3 is 2.78 bits per heavy atom. The Hall–Kier alpha value is -2.66. The van der Waals surface area contributed by atoms with Crippen LogP contribution in [-0.2, 0) is 6.54 Å². The lowest BCUT2D eigenvalue weighted by Crippen LogP contribution is -2.23. The van der Waals surface area contributed by atoms with Crippen molar-refractivity contribution in [2.75, 3.05) is 0 Å². The van der Waals surface area contributed by atoms with Crippen LogP contribution in [0.5, 0.6) is 0 Å². The van der Waals surface area contributed by atoms with Gasteiger partial charge in [-0.3, -0.25) is 9.89 Å². The van der Waals surface area contributed by atoms with E-state index < -0.39 is 0 Å². The van der Waals surface area contributed by atoms with Crippen LogP contribution >= 0.6 is 11.6 Å². The number of hydrogen-bond acceptors (Lipinski definition) is 3. The predicted octanol–water partition coefficient (Wildman–Crippen LogP) is 3.36. The molecule has 2 heterocycles. The molecule has 2 N–H and O–H groups in total. The minimum absolute atomic E-state index is 0.191. The van der Waals surface area contributed by atoms with E-state index in [1.165, 1.54) is 5.56 Å². The molecule has 116 valence electrons. The van der Waals surface area contributed by atoms with Gasteiger partial charge < -0.3 is 5.32 Å². The molecule has 0 saturated heterocycles. The molecular formula is C17H15ClN4O. The summed E-state index contributed by atoms with van der Waals surface area (Å²) in [5.41, 5.74) is 4.37. The highest BCUT2D eigenvalue weighted by molar-refractivity contribution is 6.32. The van der Waals surface area contributed by atoms with Gasteiger partial charge in [0.25, 0.3) is 5.91 Å². The standard InChI is InChI=1S/C17H15ClN4O/c1-11-4-6-12(7-5-11)15-13(10-21-22-15)9-20-17(23)14-3-2-8-19-16(14)18/h2-8,10H,9H2,1H3,(H,20,23)(H,21,22). The number of aromatic nitrogens is 3. The first-order valence-electron chi connectivity index (χ1n) is 7.13. The third kappa shape index (κ3) is 3.40. The maximum atomic E-state index is 12.2. The molecule has 23 heavy (non-hydrogen) atoms. The van der Waals surface area contributed by atoms with Gasteiger partial charge in [-0.1, -0.05) is 41.4 Å². The molecule has 0 atom stereocenters. The summed E-state index contributed by atoms with van der Waals surface area (Å²) in [7, 11) is 0. The highest BCUT2D eigenvalue weighted by Gasteiger charge is 2.13. The first kappa shape index (κ1) is 15.2. The first-order chi connectivity index (χ1) is 11.1.